The van der Waals surface area contributed by atoms with Crippen LogP contribution in [0.4, 0.5) is 0 Å². The van der Waals surface area contributed by atoms with Crippen LogP contribution in [-0.4, -0.2) is 46.8 Å². The quantitative estimate of drug-likeness (QED) is 0.313. The molecule has 1 atom stereocenters. The summed E-state index contributed by atoms with van der Waals surface area (Å²) in [5.74, 6) is -0.0857. The van der Waals surface area contributed by atoms with Crippen molar-refractivity contribution in [3.8, 4) is 0 Å². The van der Waals surface area contributed by atoms with Crippen LogP contribution in [0.2, 0.25) is 0 Å². The molecule has 0 aliphatic carbocycles. The Labute approximate surface area is 172 Å². The van der Waals surface area contributed by atoms with Crippen LogP contribution in [0.1, 0.15) is 42.0 Å². The number of rotatable bonds is 8. The van der Waals surface area contributed by atoms with Gasteiger partial charge in [-0.15, -0.1) is 0 Å². The Morgan fingerprint density at radius 1 is 1.08 bits per heavy atom. The van der Waals surface area contributed by atoms with Gasteiger partial charge in [-0.05, 0) is 33.8 Å². The first-order valence-electron chi connectivity index (χ1n) is 7.15. The number of allylic oxidation sites excluding steroid dienone is 5. The molecule has 0 aliphatic rings. The Hall–Kier alpha value is -0.425. The molecule has 0 bridgehead atoms. The number of hydrogen-bond donors (Lipinski definition) is 3. The van der Waals surface area contributed by atoms with Crippen LogP contribution in [-0.2, 0) is 4.79 Å². The molecule has 0 heterocycles. The molecular formula is C18H31BNaO4. The smallest absolute Gasteiger partial charge is 1.00 e. The van der Waals surface area contributed by atoms with Crippen molar-refractivity contribution in [1.82, 2.24) is 0 Å². The van der Waals surface area contributed by atoms with Gasteiger partial charge < -0.3 is 16.7 Å². The third kappa shape index (κ3) is 29.6. The molecule has 0 saturated carbocycles. The average Bonchev–Trinajstić information content (AvgIpc) is 2.30. The summed E-state index contributed by atoms with van der Waals surface area (Å²) >= 11 is 0. The summed E-state index contributed by atoms with van der Waals surface area (Å²) in [5, 5.41) is 27.7. The predicted molar refractivity (Wildman–Crippen MR) is 98.4 cm³/mol. The van der Waals surface area contributed by atoms with E-state index in [0.717, 1.165) is 0 Å². The van der Waals surface area contributed by atoms with Gasteiger partial charge in [0.15, 0.2) is 5.78 Å². The third-order valence-electron chi connectivity index (χ3n) is 2.20. The van der Waals surface area contributed by atoms with E-state index in [1.165, 1.54) is 12.2 Å². The van der Waals surface area contributed by atoms with E-state index < -0.39 is 17.3 Å². The number of carbonyl (C=O) groups excluding carboxylic acids is 1. The average molecular weight is 345 g/mol. The van der Waals surface area contributed by atoms with Crippen LogP contribution < -0.4 is 29.6 Å². The van der Waals surface area contributed by atoms with E-state index in [0.29, 0.717) is 6.42 Å². The third-order valence-corrected chi connectivity index (χ3v) is 2.20. The van der Waals surface area contributed by atoms with Crippen molar-refractivity contribution in [2.75, 3.05) is 0 Å². The maximum atomic E-state index is 10.9. The molecule has 6 heteroatoms. The van der Waals surface area contributed by atoms with Gasteiger partial charge in [0.2, 0.25) is 0 Å². The van der Waals surface area contributed by atoms with Crippen LogP contribution in [0.15, 0.2) is 49.6 Å². The van der Waals surface area contributed by atoms with Crippen molar-refractivity contribution >= 4 is 14.2 Å². The van der Waals surface area contributed by atoms with Crippen LogP contribution in [0, 0.1) is 0 Å². The van der Waals surface area contributed by atoms with E-state index in [4.69, 9.17) is 0 Å². The predicted octanol–water partition coefficient (Wildman–Crippen LogP) is -0.555. The molecule has 0 aromatic heterocycles. The Morgan fingerprint density at radius 3 is 1.88 bits per heavy atom. The molecule has 0 amide bonds. The largest absolute Gasteiger partial charge is 1.00 e. The maximum Gasteiger partial charge on any atom is 1.00 e. The van der Waals surface area contributed by atoms with Crippen LogP contribution >= 0.6 is 0 Å². The normalized spacial score (nSPS) is 12.5. The number of aliphatic hydroxyl groups is 3. The fraction of sp³-hybridized carbons (Fsp3) is 0.500. The van der Waals surface area contributed by atoms with E-state index >= 15 is 0 Å². The van der Waals surface area contributed by atoms with Crippen LogP contribution in [0.3, 0.4) is 0 Å². The monoisotopic (exact) mass is 345 g/mol. The first kappa shape index (κ1) is 31.4. The zero-order chi connectivity index (χ0) is 17.8. The second-order valence-corrected chi connectivity index (χ2v) is 6.25. The van der Waals surface area contributed by atoms with Gasteiger partial charge in [-0.3, -0.25) is 4.79 Å². The summed E-state index contributed by atoms with van der Waals surface area (Å²) in [6.07, 6.45) is 9.26. The second kappa shape index (κ2) is 16.1. The molecule has 0 saturated heterocycles. The van der Waals surface area contributed by atoms with Gasteiger partial charge in [0.25, 0.3) is 0 Å². The first-order chi connectivity index (χ1) is 9.91. The van der Waals surface area contributed by atoms with Gasteiger partial charge >= 0.3 is 29.6 Å². The molecule has 0 spiro atoms. The van der Waals surface area contributed by atoms with E-state index in [9.17, 15) is 20.1 Å². The molecule has 3 radical (unpaired) electrons. The number of aliphatic hydroxyl groups excluding tert-OH is 1. The minimum Gasteiger partial charge on any atom is -1.00 e. The summed E-state index contributed by atoms with van der Waals surface area (Å²) in [7, 11) is 0. The summed E-state index contributed by atoms with van der Waals surface area (Å²) in [6, 6.07) is 0. The Bertz CT molecular complexity index is 410. The molecule has 4 nitrogen and oxygen atoms in total. The number of ketones is 1. The first-order valence-corrected chi connectivity index (χ1v) is 7.15. The van der Waals surface area contributed by atoms with Crippen molar-refractivity contribution in [3.63, 3.8) is 0 Å². The molecule has 0 aliphatic heterocycles. The van der Waals surface area contributed by atoms with Gasteiger partial charge in [-0.25, -0.2) is 0 Å². The summed E-state index contributed by atoms with van der Waals surface area (Å²) in [4.78, 5) is 10.9. The second-order valence-electron chi connectivity index (χ2n) is 6.25. The van der Waals surface area contributed by atoms with Gasteiger partial charge in [-0.1, -0.05) is 43.5 Å². The molecule has 24 heavy (non-hydrogen) atoms. The summed E-state index contributed by atoms with van der Waals surface area (Å²) in [5.41, 5.74) is -1.73. The van der Waals surface area contributed by atoms with E-state index in [-0.39, 0.29) is 51.6 Å². The van der Waals surface area contributed by atoms with Crippen molar-refractivity contribution < 1.29 is 51.1 Å². The van der Waals surface area contributed by atoms with Crippen molar-refractivity contribution in [2.24, 2.45) is 0 Å². The minimum absolute atomic E-state index is 0. The molecule has 0 aromatic carbocycles. The standard InChI is InChI=1S/C9H16O2.C9H14O2.B.Na.H/c2*1-4-5-6-8(10)7-9(2,3)11;;;/h4-6,8,10-11H,1,7H2,2-3H3;4-6,11H,1,7H2,2-3H3;;;/q;;;+1;-1/b2*6-5+;;;. The summed E-state index contributed by atoms with van der Waals surface area (Å²) in [6.45, 7) is 13.4. The molecule has 0 aromatic rings. The zero-order valence-electron chi connectivity index (χ0n) is 16.7. The van der Waals surface area contributed by atoms with E-state index in [1.54, 1.807) is 52.0 Å². The van der Waals surface area contributed by atoms with Gasteiger partial charge in [0.05, 0.1) is 17.3 Å². The molecular weight excluding hydrogens is 314 g/mol. The van der Waals surface area contributed by atoms with Crippen molar-refractivity contribution in [3.05, 3.63) is 49.6 Å². The fourth-order valence-corrected chi connectivity index (χ4v) is 1.45. The fourth-order valence-electron chi connectivity index (χ4n) is 1.45. The topological polar surface area (TPSA) is 77.8 Å². The molecule has 1 unspecified atom stereocenters. The van der Waals surface area contributed by atoms with Gasteiger partial charge in [0, 0.05) is 21.3 Å². The van der Waals surface area contributed by atoms with Crippen LogP contribution in [0.5, 0.6) is 0 Å². The Kier molecular flexibility index (Phi) is 21.0. The number of carbonyl (C=O) groups is 1. The molecule has 3 N–H and O–H groups in total. The van der Waals surface area contributed by atoms with Gasteiger partial charge in [0.1, 0.15) is 0 Å². The maximum absolute atomic E-state index is 10.9. The molecule has 0 rings (SSSR count). The Balaban J connectivity index is -0.0000000952. The Morgan fingerprint density at radius 2 is 1.54 bits per heavy atom. The van der Waals surface area contributed by atoms with Gasteiger partial charge in [-0.2, -0.15) is 0 Å². The molecule has 131 valence electrons. The van der Waals surface area contributed by atoms with Crippen molar-refractivity contribution in [2.45, 2.75) is 57.8 Å². The van der Waals surface area contributed by atoms with Crippen LogP contribution in [0.25, 0.3) is 0 Å². The van der Waals surface area contributed by atoms with Crippen molar-refractivity contribution in [1.29, 1.82) is 0 Å². The minimum atomic E-state index is -0.914. The number of hydrogen-bond acceptors (Lipinski definition) is 4. The molecule has 0 fully saturated rings. The SMILES string of the molecule is C=C/C=C/C(=O)CC(C)(C)O.C=C/C=C/C(O)CC(C)(C)O.[B].[H-].[Na+]. The van der Waals surface area contributed by atoms with E-state index in [1.807, 2.05) is 0 Å². The summed E-state index contributed by atoms with van der Waals surface area (Å²) < 4.78 is 0. The van der Waals surface area contributed by atoms with E-state index in [2.05, 4.69) is 13.2 Å². The zero-order valence-corrected chi connectivity index (χ0v) is 17.7.